The average Bonchev–Trinajstić information content (AvgIpc) is 2.46. The van der Waals surface area contributed by atoms with Crippen molar-refractivity contribution in [1.82, 2.24) is 0 Å². The third-order valence-electron chi connectivity index (χ3n) is 2.47. The van der Waals surface area contributed by atoms with Gasteiger partial charge in [0.25, 0.3) is 0 Å². The Morgan fingerprint density at radius 3 is 2.29 bits per heavy atom. The number of esters is 1. The van der Waals surface area contributed by atoms with E-state index in [4.69, 9.17) is 23.7 Å². The maximum absolute atomic E-state index is 10.5. The number of benzene rings is 1. The summed E-state index contributed by atoms with van der Waals surface area (Å²) in [7, 11) is 1.61. The van der Waals surface area contributed by atoms with Crippen LogP contribution in [0.2, 0.25) is 0 Å². The first-order chi connectivity index (χ1) is 10.1. The molecule has 6 heteroatoms. The molecule has 21 heavy (non-hydrogen) atoms. The van der Waals surface area contributed by atoms with Crippen LogP contribution in [0.3, 0.4) is 0 Å². The third-order valence-corrected chi connectivity index (χ3v) is 2.47. The van der Waals surface area contributed by atoms with Crippen molar-refractivity contribution >= 4 is 5.97 Å². The highest BCUT2D eigenvalue weighted by molar-refractivity contribution is 5.65. The van der Waals surface area contributed by atoms with Gasteiger partial charge in [-0.3, -0.25) is 4.79 Å². The molecule has 0 aliphatic carbocycles. The Labute approximate surface area is 124 Å². The number of ether oxygens (including phenoxy) is 5. The Balaban J connectivity index is 2.07. The summed E-state index contributed by atoms with van der Waals surface area (Å²) in [5.74, 6) is 1.17. The summed E-state index contributed by atoms with van der Waals surface area (Å²) < 4.78 is 26.0. The van der Waals surface area contributed by atoms with Crippen LogP contribution in [0.5, 0.6) is 11.5 Å². The largest absolute Gasteiger partial charge is 0.497 e. The topological polar surface area (TPSA) is 63.2 Å². The molecule has 0 aliphatic heterocycles. The molecule has 0 bridgehead atoms. The minimum atomic E-state index is -0.379. The van der Waals surface area contributed by atoms with Gasteiger partial charge in [0.15, 0.2) is 6.29 Å². The van der Waals surface area contributed by atoms with Gasteiger partial charge in [-0.05, 0) is 31.2 Å². The molecule has 1 aromatic carbocycles. The van der Waals surface area contributed by atoms with E-state index in [0.29, 0.717) is 25.6 Å². The van der Waals surface area contributed by atoms with Gasteiger partial charge in [0.1, 0.15) is 18.1 Å². The number of hydrogen-bond acceptors (Lipinski definition) is 6. The summed E-state index contributed by atoms with van der Waals surface area (Å²) in [6.45, 7) is 4.60. The highest BCUT2D eigenvalue weighted by atomic mass is 16.7. The molecule has 0 saturated heterocycles. The Morgan fingerprint density at radius 1 is 1.05 bits per heavy atom. The van der Waals surface area contributed by atoms with E-state index < -0.39 is 0 Å². The summed E-state index contributed by atoms with van der Waals surface area (Å²) in [5.41, 5.74) is 0. The number of hydrogen-bond donors (Lipinski definition) is 0. The molecular weight excluding hydrogens is 276 g/mol. The van der Waals surface area contributed by atoms with Crippen LogP contribution in [0.1, 0.15) is 13.8 Å². The van der Waals surface area contributed by atoms with Gasteiger partial charge in [0.05, 0.1) is 26.9 Å². The van der Waals surface area contributed by atoms with E-state index in [1.54, 1.807) is 7.11 Å². The molecule has 0 radical (unpaired) electrons. The molecule has 1 atom stereocenters. The van der Waals surface area contributed by atoms with Crippen molar-refractivity contribution in [2.75, 3.05) is 33.5 Å². The molecule has 0 aliphatic rings. The van der Waals surface area contributed by atoms with Gasteiger partial charge >= 0.3 is 5.97 Å². The molecule has 6 nitrogen and oxygen atoms in total. The number of carbonyl (C=O) groups excluding carboxylic acids is 1. The molecule has 118 valence electrons. The van der Waals surface area contributed by atoms with E-state index in [0.717, 1.165) is 5.75 Å². The second kappa shape index (κ2) is 10.0. The maximum Gasteiger partial charge on any atom is 0.302 e. The summed E-state index contributed by atoms with van der Waals surface area (Å²) in [4.78, 5) is 10.5. The van der Waals surface area contributed by atoms with Gasteiger partial charge in [-0.1, -0.05) is 0 Å². The van der Waals surface area contributed by atoms with Gasteiger partial charge in [0, 0.05) is 6.92 Å². The molecule has 0 saturated carbocycles. The predicted octanol–water partition coefficient (Wildman–Crippen LogP) is 2.02. The molecule has 0 amide bonds. The maximum atomic E-state index is 10.5. The van der Waals surface area contributed by atoms with Gasteiger partial charge in [-0.15, -0.1) is 0 Å². The van der Waals surface area contributed by atoms with Gasteiger partial charge in [0.2, 0.25) is 0 Å². The molecule has 0 spiro atoms. The van der Waals surface area contributed by atoms with Crippen molar-refractivity contribution < 1.29 is 28.5 Å². The first kappa shape index (κ1) is 17.3. The molecule has 1 rings (SSSR count). The minimum Gasteiger partial charge on any atom is -0.497 e. The number of carbonyl (C=O) groups is 1. The molecule has 1 aromatic rings. The SMILES string of the molecule is COc1ccc(OC(C)OCCOCCOC(C)=O)cc1. The summed E-state index contributed by atoms with van der Waals surface area (Å²) in [6.07, 6.45) is -0.379. The quantitative estimate of drug-likeness (QED) is 0.374. The first-order valence-corrected chi connectivity index (χ1v) is 6.75. The zero-order valence-corrected chi connectivity index (χ0v) is 12.7. The highest BCUT2D eigenvalue weighted by Gasteiger charge is 2.04. The second-order valence-electron chi connectivity index (χ2n) is 4.18. The van der Waals surface area contributed by atoms with Crippen LogP contribution in [0.15, 0.2) is 24.3 Å². The van der Waals surface area contributed by atoms with E-state index in [-0.39, 0.29) is 18.9 Å². The number of methoxy groups -OCH3 is 1. The van der Waals surface area contributed by atoms with Crippen LogP contribution in [-0.2, 0) is 19.0 Å². The normalized spacial score (nSPS) is 11.8. The summed E-state index contributed by atoms with van der Waals surface area (Å²) >= 11 is 0. The Hall–Kier alpha value is -1.79. The van der Waals surface area contributed by atoms with Crippen molar-refractivity contribution in [3.8, 4) is 11.5 Å². The van der Waals surface area contributed by atoms with E-state index >= 15 is 0 Å². The molecule has 0 fully saturated rings. The van der Waals surface area contributed by atoms with Gasteiger partial charge in [-0.2, -0.15) is 0 Å². The summed E-state index contributed by atoms with van der Waals surface area (Å²) in [5, 5.41) is 0. The zero-order valence-electron chi connectivity index (χ0n) is 12.7. The van der Waals surface area contributed by atoms with Crippen LogP contribution in [0, 0.1) is 0 Å². The second-order valence-corrected chi connectivity index (χ2v) is 4.18. The van der Waals surface area contributed by atoms with Crippen LogP contribution < -0.4 is 9.47 Å². The highest BCUT2D eigenvalue weighted by Crippen LogP contribution is 2.18. The monoisotopic (exact) mass is 298 g/mol. The Kier molecular flexibility index (Phi) is 8.23. The Bertz CT molecular complexity index is 403. The van der Waals surface area contributed by atoms with Crippen LogP contribution in [-0.4, -0.2) is 45.8 Å². The lowest BCUT2D eigenvalue weighted by molar-refractivity contribution is -0.142. The number of rotatable bonds is 10. The van der Waals surface area contributed by atoms with E-state index in [2.05, 4.69) is 0 Å². The fraction of sp³-hybridized carbons (Fsp3) is 0.533. The lowest BCUT2D eigenvalue weighted by Crippen LogP contribution is -2.19. The molecular formula is C15H22O6. The van der Waals surface area contributed by atoms with Gasteiger partial charge < -0.3 is 23.7 Å². The van der Waals surface area contributed by atoms with Crippen molar-refractivity contribution in [3.63, 3.8) is 0 Å². The zero-order chi connectivity index (χ0) is 15.5. The average molecular weight is 298 g/mol. The summed E-state index contributed by atoms with van der Waals surface area (Å²) in [6, 6.07) is 7.27. The predicted molar refractivity (Wildman–Crippen MR) is 76.5 cm³/mol. The minimum absolute atomic E-state index is 0.257. The van der Waals surface area contributed by atoms with Crippen molar-refractivity contribution in [2.45, 2.75) is 20.1 Å². The molecule has 1 unspecified atom stereocenters. The van der Waals surface area contributed by atoms with Crippen LogP contribution in [0.25, 0.3) is 0 Å². The standard InChI is InChI=1S/C15H22O6/c1-12(16)19-10-8-18-9-11-20-13(2)21-15-6-4-14(17-3)5-7-15/h4-7,13H,8-11H2,1-3H3. The van der Waals surface area contributed by atoms with Crippen molar-refractivity contribution in [2.24, 2.45) is 0 Å². The first-order valence-electron chi connectivity index (χ1n) is 6.75. The molecule has 0 heterocycles. The van der Waals surface area contributed by atoms with Gasteiger partial charge in [-0.25, -0.2) is 0 Å². The third kappa shape index (κ3) is 8.16. The van der Waals surface area contributed by atoms with Crippen molar-refractivity contribution in [1.29, 1.82) is 0 Å². The molecule has 0 aromatic heterocycles. The van der Waals surface area contributed by atoms with E-state index in [1.165, 1.54) is 6.92 Å². The lowest BCUT2D eigenvalue weighted by atomic mass is 10.3. The fourth-order valence-corrected chi connectivity index (χ4v) is 1.50. The van der Waals surface area contributed by atoms with Crippen molar-refractivity contribution in [3.05, 3.63) is 24.3 Å². The lowest BCUT2D eigenvalue weighted by Gasteiger charge is -2.15. The smallest absolute Gasteiger partial charge is 0.302 e. The Morgan fingerprint density at radius 2 is 1.67 bits per heavy atom. The van der Waals surface area contributed by atoms with E-state index in [1.807, 2.05) is 31.2 Å². The van der Waals surface area contributed by atoms with Crippen LogP contribution in [0.4, 0.5) is 0 Å². The molecule has 0 N–H and O–H groups in total. The fourth-order valence-electron chi connectivity index (χ4n) is 1.50. The van der Waals surface area contributed by atoms with Crippen LogP contribution >= 0.6 is 0 Å². The van der Waals surface area contributed by atoms with E-state index in [9.17, 15) is 4.79 Å².